The molecule has 154 valence electrons. The van der Waals surface area contributed by atoms with E-state index in [-0.39, 0.29) is 17.5 Å². The summed E-state index contributed by atoms with van der Waals surface area (Å²) in [5.41, 5.74) is 2.19. The van der Waals surface area contributed by atoms with Gasteiger partial charge in [-0.15, -0.1) is 0 Å². The number of benzene rings is 1. The largest absolute Gasteiger partial charge is 0.366 e. The SMILES string of the molecule is O=S1CCc2nc(N3CC(c4ccccc4)C3)nc(NC3CCS(=O)(=O)CC3)c21. The second-order valence-electron chi connectivity index (χ2n) is 8.03. The molecule has 9 heteroatoms. The Balaban J connectivity index is 1.36. The second kappa shape index (κ2) is 7.36. The summed E-state index contributed by atoms with van der Waals surface area (Å²) in [6.45, 7) is 1.74. The topological polar surface area (TPSA) is 92.3 Å². The lowest BCUT2D eigenvalue weighted by molar-refractivity contribution is 0.512. The molecular weight excluding hydrogens is 408 g/mol. The van der Waals surface area contributed by atoms with E-state index in [1.165, 1.54) is 5.56 Å². The predicted octanol–water partition coefficient (Wildman–Crippen LogP) is 1.73. The van der Waals surface area contributed by atoms with Crippen molar-refractivity contribution < 1.29 is 12.6 Å². The number of anilines is 2. The highest BCUT2D eigenvalue weighted by Gasteiger charge is 2.34. The molecule has 2 fully saturated rings. The lowest BCUT2D eigenvalue weighted by atomic mass is 9.92. The van der Waals surface area contributed by atoms with Crippen LogP contribution in [-0.2, 0) is 27.1 Å². The molecule has 5 rings (SSSR count). The number of nitrogens with one attached hydrogen (secondary N) is 1. The zero-order valence-electron chi connectivity index (χ0n) is 16.1. The van der Waals surface area contributed by atoms with E-state index < -0.39 is 20.6 Å². The molecule has 7 nitrogen and oxygen atoms in total. The van der Waals surface area contributed by atoms with E-state index in [0.717, 1.165) is 18.8 Å². The molecule has 1 aromatic heterocycles. The summed E-state index contributed by atoms with van der Waals surface area (Å²) >= 11 is 0. The number of sulfone groups is 1. The Morgan fingerprint density at radius 3 is 2.52 bits per heavy atom. The van der Waals surface area contributed by atoms with Crippen LogP contribution in [0.3, 0.4) is 0 Å². The van der Waals surface area contributed by atoms with Gasteiger partial charge in [-0.25, -0.2) is 13.4 Å². The van der Waals surface area contributed by atoms with Crippen LogP contribution in [-0.4, -0.2) is 59.0 Å². The number of nitrogens with zero attached hydrogens (tertiary/aromatic N) is 3. The molecule has 4 heterocycles. The second-order valence-corrected chi connectivity index (χ2v) is 11.8. The van der Waals surface area contributed by atoms with Gasteiger partial charge in [0.25, 0.3) is 0 Å². The van der Waals surface area contributed by atoms with Gasteiger partial charge in [0, 0.05) is 37.2 Å². The van der Waals surface area contributed by atoms with Crippen LogP contribution in [0.2, 0.25) is 0 Å². The Labute approximate surface area is 173 Å². The molecule has 3 aliphatic heterocycles. The first-order chi connectivity index (χ1) is 14.0. The molecule has 0 bridgehead atoms. The summed E-state index contributed by atoms with van der Waals surface area (Å²) in [5, 5.41) is 3.40. The van der Waals surface area contributed by atoms with Crippen molar-refractivity contribution in [2.45, 2.75) is 36.1 Å². The van der Waals surface area contributed by atoms with Crippen molar-refractivity contribution in [1.29, 1.82) is 0 Å². The fraction of sp³-hybridized carbons (Fsp3) is 0.500. The minimum Gasteiger partial charge on any atom is -0.366 e. The molecule has 0 saturated carbocycles. The monoisotopic (exact) mass is 432 g/mol. The van der Waals surface area contributed by atoms with Crippen molar-refractivity contribution in [3.05, 3.63) is 41.6 Å². The number of hydrogen-bond donors (Lipinski definition) is 1. The molecule has 1 N–H and O–H groups in total. The minimum atomic E-state index is -2.92. The highest BCUT2D eigenvalue weighted by molar-refractivity contribution is 7.91. The first-order valence-electron chi connectivity index (χ1n) is 10.0. The lowest BCUT2D eigenvalue weighted by Gasteiger charge is -2.40. The van der Waals surface area contributed by atoms with Crippen LogP contribution in [0.5, 0.6) is 0 Å². The summed E-state index contributed by atoms with van der Waals surface area (Å²) in [6.07, 6.45) is 1.81. The third-order valence-electron chi connectivity index (χ3n) is 6.01. The molecule has 1 unspecified atom stereocenters. The van der Waals surface area contributed by atoms with Crippen LogP contribution in [0.25, 0.3) is 0 Å². The number of fused-ring (bicyclic) bond motifs is 1. The summed E-state index contributed by atoms with van der Waals surface area (Å²) < 4.78 is 35.9. The molecular formula is C20H24N4O3S2. The standard InChI is InChI=1S/C20H24N4O3S2/c25-28-9-6-17-18(28)19(21-16-7-10-29(26,27)11-8-16)23-20(22-17)24-12-15(13-24)14-4-2-1-3-5-14/h1-5,15-16H,6-13H2,(H,21,22,23). The average molecular weight is 433 g/mol. The number of rotatable bonds is 4. The zero-order chi connectivity index (χ0) is 20.0. The van der Waals surface area contributed by atoms with Crippen LogP contribution in [0.1, 0.15) is 30.0 Å². The normalized spacial score (nSPS) is 24.1. The van der Waals surface area contributed by atoms with Gasteiger partial charge in [-0.3, -0.25) is 4.21 Å². The molecule has 0 amide bonds. The van der Waals surface area contributed by atoms with Crippen molar-refractivity contribution >= 4 is 32.4 Å². The van der Waals surface area contributed by atoms with Gasteiger partial charge in [0.15, 0.2) is 0 Å². The third-order valence-corrected chi connectivity index (χ3v) is 9.18. The van der Waals surface area contributed by atoms with E-state index in [0.29, 0.717) is 47.6 Å². The van der Waals surface area contributed by atoms with Gasteiger partial charge < -0.3 is 10.2 Å². The van der Waals surface area contributed by atoms with E-state index in [4.69, 9.17) is 9.97 Å². The summed E-state index contributed by atoms with van der Waals surface area (Å²) in [6, 6.07) is 10.5. The highest BCUT2D eigenvalue weighted by atomic mass is 32.2. The Kier molecular flexibility index (Phi) is 4.82. The highest BCUT2D eigenvalue weighted by Crippen LogP contribution is 2.35. The fourth-order valence-electron chi connectivity index (χ4n) is 4.23. The Hall–Kier alpha value is -2.00. The quantitative estimate of drug-likeness (QED) is 0.787. The fourth-order valence-corrected chi connectivity index (χ4v) is 7.03. The molecule has 0 spiro atoms. The Bertz CT molecular complexity index is 1040. The Morgan fingerprint density at radius 2 is 1.79 bits per heavy atom. The van der Waals surface area contributed by atoms with E-state index in [9.17, 15) is 12.6 Å². The average Bonchev–Trinajstić information content (AvgIpc) is 3.04. The maximum Gasteiger partial charge on any atom is 0.227 e. The molecule has 0 aliphatic carbocycles. The van der Waals surface area contributed by atoms with Crippen molar-refractivity contribution in [2.24, 2.45) is 0 Å². The van der Waals surface area contributed by atoms with E-state index in [1.54, 1.807) is 0 Å². The van der Waals surface area contributed by atoms with Gasteiger partial charge >= 0.3 is 0 Å². The summed E-state index contributed by atoms with van der Waals surface area (Å²) in [7, 11) is -4.02. The van der Waals surface area contributed by atoms with Crippen LogP contribution < -0.4 is 10.2 Å². The molecule has 2 aromatic rings. The Morgan fingerprint density at radius 1 is 1.07 bits per heavy atom. The van der Waals surface area contributed by atoms with Gasteiger partial charge in [0.2, 0.25) is 5.95 Å². The molecule has 29 heavy (non-hydrogen) atoms. The number of aromatic nitrogens is 2. The maximum atomic E-state index is 12.5. The van der Waals surface area contributed by atoms with Crippen molar-refractivity contribution in [2.75, 3.05) is 40.6 Å². The van der Waals surface area contributed by atoms with Crippen LogP contribution >= 0.6 is 0 Å². The van der Waals surface area contributed by atoms with Gasteiger partial charge in [0.1, 0.15) is 20.6 Å². The first-order valence-corrected chi connectivity index (χ1v) is 13.2. The van der Waals surface area contributed by atoms with Crippen LogP contribution in [0.4, 0.5) is 11.8 Å². The van der Waals surface area contributed by atoms with Gasteiger partial charge in [0.05, 0.1) is 28.0 Å². The summed E-state index contributed by atoms with van der Waals surface area (Å²) in [4.78, 5) is 12.3. The molecule has 3 aliphatic rings. The molecule has 1 aromatic carbocycles. The van der Waals surface area contributed by atoms with Crippen LogP contribution in [0, 0.1) is 0 Å². The van der Waals surface area contributed by atoms with Crippen molar-refractivity contribution in [3.8, 4) is 0 Å². The summed E-state index contributed by atoms with van der Waals surface area (Å²) in [5.74, 6) is 2.75. The first kappa shape index (κ1) is 19.0. The van der Waals surface area contributed by atoms with E-state index >= 15 is 0 Å². The molecule has 1 atom stereocenters. The maximum absolute atomic E-state index is 12.5. The van der Waals surface area contributed by atoms with E-state index in [2.05, 4.69) is 34.5 Å². The van der Waals surface area contributed by atoms with Crippen LogP contribution in [0.15, 0.2) is 35.2 Å². The molecule has 2 saturated heterocycles. The van der Waals surface area contributed by atoms with E-state index in [1.807, 2.05) is 6.07 Å². The minimum absolute atomic E-state index is 0.0384. The smallest absolute Gasteiger partial charge is 0.227 e. The zero-order valence-corrected chi connectivity index (χ0v) is 17.7. The number of aryl methyl sites for hydroxylation is 1. The molecule has 0 radical (unpaired) electrons. The third kappa shape index (κ3) is 3.77. The van der Waals surface area contributed by atoms with Gasteiger partial charge in [-0.05, 0) is 18.4 Å². The van der Waals surface area contributed by atoms with Crippen molar-refractivity contribution in [1.82, 2.24) is 9.97 Å². The predicted molar refractivity (Wildman–Crippen MR) is 114 cm³/mol. The number of hydrogen-bond acceptors (Lipinski definition) is 7. The lowest BCUT2D eigenvalue weighted by Crippen LogP contribution is -2.46. The van der Waals surface area contributed by atoms with Gasteiger partial charge in [-0.2, -0.15) is 4.98 Å². The van der Waals surface area contributed by atoms with Crippen molar-refractivity contribution in [3.63, 3.8) is 0 Å². The van der Waals surface area contributed by atoms with Gasteiger partial charge in [-0.1, -0.05) is 30.3 Å².